The first-order chi connectivity index (χ1) is 10.1. The Labute approximate surface area is 126 Å². The molecule has 0 aliphatic rings. The summed E-state index contributed by atoms with van der Waals surface area (Å²) in [5.41, 5.74) is 1.64. The molecule has 110 valence electrons. The maximum Gasteiger partial charge on any atom is 0.339 e. The van der Waals surface area contributed by atoms with E-state index in [-0.39, 0.29) is 5.91 Å². The molecule has 21 heavy (non-hydrogen) atoms. The molecule has 1 aromatic heterocycles. The van der Waals surface area contributed by atoms with Gasteiger partial charge in [-0.1, -0.05) is 11.6 Å². The number of hydrogen-bond donors (Lipinski definition) is 1. The molecule has 2 rings (SSSR count). The van der Waals surface area contributed by atoms with Gasteiger partial charge in [0.15, 0.2) is 0 Å². The summed E-state index contributed by atoms with van der Waals surface area (Å²) in [6.45, 7) is 1.86. The smallest absolute Gasteiger partial charge is 0.339 e. The Balaban J connectivity index is 2.31. The molecule has 1 heterocycles. The van der Waals surface area contributed by atoms with Gasteiger partial charge < -0.3 is 14.8 Å². The van der Waals surface area contributed by atoms with Crippen LogP contribution in [0.3, 0.4) is 0 Å². The van der Waals surface area contributed by atoms with Gasteiger partial charge in [0.1, 0.15) is 10.6 Å². The van der Waals surface area contributed by atoms with E-state index in [0.717, 1.165) is 5.56 Å². The molecule has 1 amide bonds. The molecule has 0 fully saturated rings. The van der Waals surface area contributed by atoms with Gasteiger partial charge in [0, 0.05) is 0 Å². The molecule has 2 aromatic rings. The lowest BCUT2D eigenvalue weighted by Crippen LogP contribution is -2.15. The highest BCUT2D eigenvalue weighted by atomic mass is 32.1. The number of rotatable bonds is 4. The van der Waals surface area contributed by atoms with Crippen LogP contribution in [0.4, 0.5) is 5.69 Å². The van der Waals surface area contributed by atoms with Crippen LogP contribution in [0.2, 0.25) is 0 Å². The molecule has 1 N–H and O–H groups in total. The summed E-state index contributed by atoms with van der Waals surface area (Å²) in [5.74, 6) is -0.313. The van der Waals surface area contributed by atoms with Crippen molar-refractivity contribution in [2.75, 3.05) is 19.5 Å². The average molecular weight is 305 g/mol. The van der Waals surface area contributed by atoms with Gasteiger partial charge in [0.2, 0.25) is 0 Å². The molecule has 0 aliphatic heterocycles. The molecule has 0 bridgehead atoms. The Hall–Kier alpha value is -2.34. The first kappa shape index (κ1) is 15.1. The average Bonchev–Trinajstić information content (AvgIpc) is 2.96. The van der Waals surface area contributed by atoms with Gasteiger partial charge in [-0.25, -0.2) is 4.79 Å². The fourth-order valence-corrected chi connectivity index (χ4v) is 2.60. The topological polar surface area (TPSA) is 64.6 Å². The summed E-state index contributed by atoms with van der Waals surface area (Å²) in [6.07, 6.45) is 0. The Morgan fingerprint density at radius 1 is 1.19 bits per heavy atom. The first-order valence-corrected chi connectivity index (χ1v) is 7.06. The van der Waals surface area contributed by atoms with Gasteiger partial charge in [0.05, 0.1) is 25.5 Å². The highest BCUT2D eigenvalue weighted by Gasteiger charge is 2.18. The van der Waals surface area contributed by atoms with E-state index in [4.69, 9.17) is 9.47 Å². The third kappa shape index (κ3) is 3.22. The Morgan fingerprint density at radius 2 is 1.95 bits per heavy atom. The summed E-state index contributed by atoms with van der Waals surface area (Å²) in [7, 11) is 2.81. The minimum absolute atomic E-state index is 0.321. The molecule has 0 saturated heterocycles. The molecule has 0 spiro atoms. The summed E-state index contributed by atoms with van der Waals surface area (Å²) in [5, 5.41) is 4.49. The maximum absolute atomic E-state index is 12.3. The van der Waals surface area contributed by atoms with Crippen molar-refractivity contribution in [3.8, 4) is 5.75 Å². The molecule has 5 nitrogen and oxygen atoms in total. The maximum atomic E-state index is 12.3. The van der Waals surface area contributed by atoms with E-state index in [0.29, 0.717) is 21.9 Å². The quantitative estimate of drug-likeness (QED) is 0.882. The fourth-order valence-electron chi connectivity index (χ4n) is 1.85. The van der Waals surface area contributed by atoms with Gasteiger partial charge in [0.25, 0.3) is 5.91 Å². The third-order valence-electron chi connectivity index (χ3n) is 2.88. The van der Waals surface area contributed by atoms with Crippen molar-refractivity contribution in [3.05, 3.63) is 45.6 Å². The van der Waals surface area contributed by atoms with Crippen LogP contribution in [0.5, 0.6) is 5.75 Å². The van der Waals surface area contributed by atoms with Crippen molar-refractivity contribution in [3.63, 3.8) is 0 Å². The Morgan fingerprint density at radius 3 is 2.62 bits per heavy atom. The van der Waals surface area contributed by atoms with Crippen LogP contribution in [0.25, 0.3) is 0 Å². The predicted molar refractivity (Wildman–Crippen MR) is 81.3 cm³/mol. The molecule has 0 atom stereocenters. The zero-order valence-corrected chi connectivity index (χ0v) is 12.7. The number of amides is 1. The number of benzene rings is 1. The fraction of sp³-hybridized carbons (Fsp3) is 0.200. The van der Waals surface area contributed by atoms with Crippen molar-refractivity contribution in [2.24, 2.45) is 0 Å². The van der Waals surface area contributed by atoms with Crippen LogP contribution in [0, 0.1) is 6.92 Å². The largest absolute Gasteiger partial charge is 0.495 e. The number of anilines is 1. The number of methoxy groups -OCH3 is 2. The minimum atomic E-state index is -0.493. The SMILES string of the molecule is COC(=O)c1cc(C)ccc1NC(=O)c1sccc1OC. The van der Waals surface area contributed by atoms with Gasteiger partial charge in [-0.15, -0.1) is 11.3 Å². The summed E-state index contributed by atoms with van der Waals surface area (Å²) in [6, 6.07) is 6.89. The second kappa shape index (κ2) is 6.41. The molecular weight excluding hydrogens is 290 g/mol. The van der Waals surface area contributed by atoms with E-state index in [2.05, 4.69) is 5.32 Å². The number of thiophene rings is 1. The van der Waals surface area contributed by atoms with Gasteiger partial charge in [-0.2, -0.15) is 0 Å². The molecule has 1 aromatic carbocycles. The first-order valence-electron chi connectivity index (χ1n) is 6.18. The zero-order valence-electron chi connectivity index (χ0n) is 11.9. The van der Waals surface area contributed by atoms with E-state index in [1.165, 1.54) is 25.6 Å². The number of carbonyl (C=O) groups excluding carboxylic acids is 2. The zero-order chi connectivity index (χ0) is 15.4. The standard InChI is InChI=1S/C15H15NO4S/c1-9-4-5-11(10(8-9)15(18)20-3)16-14(17)13-12(19-2)6-7-21-13/h4-8H,1-3H3,(H,16,17). The van der Waals surface area contributed by atoms with E-state index in [1.807, 2.05) is 13.0 Å². The van der Waals surface area contributed by atoms with Gasteiger partial charge in [-0.05, 0) is 30.5 Å². The lowest BCUT2D eigenvalue weighted by molar-refractivity contribution is 0.0602. The number of hydrogen-bond acceptors (Lipinski definition) is 5. The number of esters is 1. The van der Waals surface area contributed by atoms with Crippen molar-refractivity contribution in [1.29, 1.82) is 0 Å². The molecule has 0 saturated carbocycles. The van der Waals surface area contributed by atoms with Crippen molar-refractivity contribution < 1.29 is 19.1 Å². The van der Waals surface area contributed by atoms with Gasteiger partial charge >= 0.3 is 5.97 Å². The lowest BCUT2D eigenvalue weighted by Gasteiger charge is -2.10. The minimum Gasteiger partial charge on any atom is -0.495 e. The molecule has 0 radical (unpaired) electrons. The second-order valence-corrected chi connectivity index (χ2v) is 5.23. The highest BCUT2D eigenvalue weighted by Crippen LogP contribution is 2.26. The van der Waals surface area contributed by atoms with Crippen LogP contribution in [-0.2, 0) is 4.74 Å². The summed E-state index contributed by atoms with van der Waals surface area (Å²) >= 11 is 1.27. The summed E-state index contributed by atoms with van der Waals surface area (Å²) < 4.78 is 9.86. The van der Waals surface area contributed by atoms with E-state index < -0.39 is 5.97 Å². The highest BCUT2D eigenvalue weighted by molar-refractivity contribution is 7.12. The summed E-state index contributed by atoms with van der Waals surface area (Å²) in [4.78, 5) is 24.5. The van der Waals surface area contributed by atoms with E-state index in [1.54, 1.807) is 23.6 Å². The van der Waals surface area contributed by atoms with Crippen molar-refractivity contribution in [2.45, 2.75) is 6.92 Å². The number of aryl methyl sites for hydroxylation is 1. The van der Waals surface area contributed by atoms with Crippen LogP contribution in [0.1, 0.15) is 25.6 Å². The van der Waals surface area contributed by atoms with Crippen LogP contribution >= 0.6 is 11.3 Å². The molecule has 6 heteroatoms. The molecular formula is C15H15NO4S. The van der Waals surface area contributed by atoms with E-state index >= 15 is 0 Å². The Bertz CT molecular complexity index is 678. The molecule has 0 unspecified atom stereocenters. The lowest BCUT2D eigenvalue weighted by atomic mass is 10.1. The van der Waals surface area contributed by atoms with E-state index in [9.17, 15) is 9.59 Å². The monoisotopic (exact) mass is 305 g/mol. The Kier molecular flexibility index (Phi) is 4.59. The van der Waals surface area contributed by atoms with Gasteiger partial charge in [-0.3, -0.25) is 4.79 Å². The van der Waals surface area contributed by atoms with Crippen LogP contribution in [0.15, 0.2) is 29.6 Å². The number of nitrogens with one attached hydrogen (secondary N) is 1. The molecule has 0 aliphatic carbocycles. The van der Waals surface area contributed by atoms with Crippen molar-refractivity contribution in [1.82, 2.24) is 0 Å². The number of carbonyl (C=O) groups is 2. The predicted octanol–water partition coefficient (Wildman–Crippen LogP) is 3.10. The third-order valence-corrected chi connectivity index (χ3v) is 3.78. The second-order valence-electron chi connectivity index (χ2n) is 4.31. The number of ether oxygens (including phenoxy) is 2. The van der Waals surface area contributed by atoms with Crippen LogP contribution < -0.4 is 10.1 Å². The van der Waals surface area contributed by atoms with Crippen LogP contribution in [-0.4, -0.2) is 26.1 Å². The normalized spacial score (nSPS) is 10.0. The van der Waals surface area contributed by atoms with Crippen molar-refractivity contribution >= 4 is 28.9 Å².